The minimum absolute atomic E-state index is 0.126. The Labute approximate surface area is 140 Å². The van der Waals surface area contributed by atoms with Gasteiger partial charge in [0.1, 0.15) is 0 Å². The van der Waals surface area contributed by atoms with Crippen LogP contribution in [0.4, 0.5) is 0 Å². The molecule has 2 rings (SSSR count). The van der Waals surface area contributed by atoms with Crippen molar-refractivity contribution in [1.29, 1.82) is 5.26 Å². The highest BCUT2D eigenvalue weighted by molar-refractivity contribution is 6.30. The number of nitriles is 1. The van der Waals surface area contributed by atoms with Crippen molar-refractivity contribution in [2.75, 3.05) is 6.54 Å². The maximum atomic E-state index is 12.0. The van der Waals surface area contributed by atoms with E-state index < -0.39 is 6.10 Å². The van der Waals surface area contributed by atoms with Gasteiger partial charge >= 0.3 is 0 Å². The Hall–Kier alpha value is -2.35. The van der Waals surface area contributed by atoms with Crippen LogP contribution in [0.3, 0.4) is 0 Å². The van der Waals surface area contributed by atoms with Gasteiger partial charge in [0.25, 0.3) is 0 Å². The number of hydrogen-bond donors (Lipinski definition) is 2. The van der Waals surface area contributed by atoms with Gasteiger partial charge in [-0.1, -0.05) is 48.0 Å². The molecule has 2 N–H and O–H groups in total. The second-order valence-electron chi connectivity index (χ2n) is 5.15. The maximum absolute atomic E-state index is 12.0. The molecule has 0 aliphatic carbocycles. The summed E-state index contributed by atoms with van der Waals surface area (Å²) in [7, 11) is 0. The van der Waals surface area contributed by atoms with Crippen LogP contribution < -0.4 is 5.32 Å². The van der Waals surface area contributed by atoms with E-state index in [2.05, 4.69) is 11.4 Å². The zero-order chi connectivity index (χ0) is 16.7. The van der Waals surface area contributed by atoms with Crippen molar-refractivity contribution in [3.63, 3.8) is 0 Å². The molecule has 1 unspecified atom stereocenters. The Morgan fingerprint density at radius 1 is 1.17 bits per heavy atom. The van der Waals surface area contributed by atoms with E-state index in [1.807, 2.05) is 24.3 Å². The molecule has 0 saturated heterocycles. The molecular formula is C18H17ClN2O2. The second-order valence-corrected chi connectivity index (χ2v) is 5.59. The van der Waals surface area contributed by atoms with E-state index in [9.17, 15) is 9.90 Å². The van der Waals surface area contributed by atoms with Crippen molar-refractivity contribution in [3.05, 3.63) is 70.2 Å². The molecule has 0 saturated carbocycles. The van der Waals surface area contributed by atoms with E-state index in [0.29, 0.717) is 10.6 Å². The van der Waals surface area contributed by atoms with Gasteiger partial charge in [-0.2, -0.15) is 5.26 Å². The summed E-state index contributed by atoms with van der Waals surface area (Å²) in [4.78, 5) is 12.0. The second kappa shape index (κ2) is 8.33. The summed E-state index contributed by atoms with van der Waals surface area (Å²) in [5, 5.41) is 22.2. The number of halogens is 1. The number of nitrogens with zero attached hydrogens (tertiary/aromatic N) is 1. The minimum atomic E-state index is -0.787. The first-order valence-corrected chi connectivity index (χ1v) is 7.62. The van der Waals surface area contributed by atoms with Gasteiger partial charge in [0.05, 0.1) is 25.0 Å². The molecular weight excluding hydrogens is 312 g/mol. The van der Waals surface area contributed by atoms with Crippen LogP contribution in [0.1, 0.15) is 22.8 Å². The topological polar surface area (TPSA) is 73.1 Å². The number of benzene rings is 2. The Morgan fingerprint density at radius 3 is 2.48 bits per heavy atom. The first-order chi connectivity index (χ1) is 11.1. The van der Waals surface area contributed by atoms with E-state index in [0.717, 1.165) is 11.1 Å². The van der Waals surface area contributed by atoms with Crippen molar-refractivity contribution in [3.8, 4) is 6.07 Å². The lowest BCUT2D eigenvalue weighted by molar-refractivity contribution is -0.120. The average Bonchev–Trinajstić information content (AvgIpc) is 2.55. The summed E-state index contributed by atoms with van der Waals surface area (Å²) in [6, 6.07) is 16.3. The van der Waals surface area contributed by atoms with E-state index in [4.69, 9.17) is 16.9 Å². The molecule has 1 atom stereocenters. The highest BCUT2D eigenvalue weighted by atomic mass is 35.5. The summed E-state index contributed by atoms with van der Waals surface area (Å²) < 4.78 is 0. The molecule has 0 aliphatic rings. The van der Waals surface area contributed by atoms with Gasteiger partial charge in [0, 0.05) is 11.6 Å². The number of amides is 1. The van der Waals surface area contributed by atoms with Gasteiger partial charge in [0.2, 0.25) is 5.91 Å². The number of carbonyl (C=O) groups is 1. The van der Waals surface area contributed by atoms with Crippen molar-refractivity contribution in [2.24, 2.45) is 0 Å². The first-order valence-electron chi connectivity index (χ1n) is 7.24. The van der Waals surface area contributed by atoms with Crippen LogP contribution in [0.5, 0.6) is 0 Å². The Kier molecular flexibility index (Phi) is 6.16. The molecule has 1 amide bonds. The number of nitrogens with one attached hydrogen (secondary N) is 1. The van der Waals surface area contributed by atoms with Crippen molar-refractivity contribution >= 4 is 17.5 Å². The summed E-state index contributed by atoms with van der Waals surface area (Å²) in [6.45, 7) is 0.126. The fraction of sp³-hybridized carbons (Fsp3) is 0.222. The van der Waals surface area contributed by atoms with E-state index in [1.54, 1.807) is 24.3 Å². The fourth-order valence-electron chi connectivity index (χ4n) is 2.24. The lowest BCUT2D eigenvalue weighted by Gasteiger charge is -2.13. The number of aliphatic hydroxyl groups is 1. The SMILES string of the molecule is N#CCc1ccccc1CC(=O)NCC(O)c1ccc(Cl)cc1. The predicted molar refractivity (Wildman–Crippen MR) is 88.9 cm³/mol. The average molecular weight is 329 g/mol. The number of rotatable bonds is 6. The normalized spacial score (nSPS) is 11.5. The zero-order valence-electron chi connectivity index (χ0n) is 12.5. The quantitative estimate of drug-likeness (QED) is 0.856. The number of carbonyl (C=O) groups excluding carboxylic acids is 1. The molecule has 0 heterocycles. The third-order valence-electron chi connectivity index (χ3n) is 3.49. The number of hydrogen-bond acceptors (Lipinski definition) is 3. The molecule has 0 radical (unpaired) electrons. The molecule has 0 fully saturated rings. The van der Waals surface area contributed by atoms with Gasteiger partial charge in [-0.15, -0.1) is 0 Å². The van der Waals surface area contributed by atoms with Crippen molar-refractivity contribution < 1.29 is 9.90 Å². The predicted octanol–water partition coefficient (Wildman–Crippen LogP) is 2.80. The Bertz CT molecular complexity index is 708. The maximum Gasteiger partial charge on any atom is 0.224 e. The summed E-state index contributed by atoms with van der Waals surface area (Å²) >= 11 is 5.80. The van der Waals surface area contributed by atoms with Gasteiger partial charge in [-0.05, 0) is 28.8 Å². The highest BCUT2D eigenvalue weighted by Gasteiger charge is 2.11. The Morgan fingerprint density at radius 2 is 1.83 bits per heavy atom. The van der Waals surface area contributed by atoms with Crippen LogP contribution >= 0.6 is 11.6 Å². The van der Waals surface area contributed by atoms with Crippen LogP contribution in [-0.2, 0) is 17.6 Å². The molecule has 0 bridgehead atoms. The molecule has 0 aromatic heterocycles. The highest BCUT2D eigenvalue weighted by Crippen LogP contribution is 2.16. The monoisotopic (exact) mass is 328 g/mol. The molecule has 118 valence electrons. The lowest BCUT2D eigenvalue weighted by Crippen LogP contribution is -2.29. The van der Waals surface area contributed by atoms with E-state index in [1.165, 1.54) is 0 Å². The largest absolute Gasteiger partial charge is 0.387 e. The smallest absolute Gasteiger partial charge is 0.224 e. The summed E-state index contributed by atoms with van der Waals surface area (Å²) in [5.41, 5.74) is 2.37. The third-order valence-corrected chi connectivity index (χ3v) is 3.74. The van der Waals surface area contributed by atoms with Crippen LogP contribution in [0.15, 0.2) is 48.5 Å². The van der Waals surface area contributed by atoms with Crippen LogP contribution in [0.25, 0.3) is 0 Å². The molecule has 2 aromatic carbocycles. The summed E-state index contributed by atoms with van der Waals surface area (Å²) in [6.07, 6.45) is -0.326. The molecule has 0 aliphatic heterocycles. The van der Waals surface area contributed by atoms with Gasteiger partial charge in [-0.3, -0.25) is 4.79 Å². The van der Waals surface area contributed by atoms with Crippen LogP contribution in [0, 0.1) is 11.3 Å². The number of aliphatic hydroxyl groups excluding tert-OH is 1. The molecule has 0 spiro atoms. The van der Waals surface area contributed by atoms with Gasteiger partial charge in [0.15, 0.2) is 0 Å². The summed E-state index contributed by atoms with van der Waals surface area (Å²) in [5.74, 6) is -0.191. The van der Waals surface area contributed by atoms with E-state index in [-0.39, 0.29) is 25.3 Å². The third kappa shape index (κ3) is 5.10. The van der Waals surface area contributed by atoms with Crippen LogP contribution in [-0.4, -0.2) is 17.6 Å². The van der Waals surface area contributed by atoms with Gasteiger partial charge in [-0.25, -0.2) is 0 Å². The zero-order valence-corrected chi connectivity index (χ0v) is 13.3. The van der Waals surface area contributed by atoms with Crippen LogP contribution in [0.2, 0.25) is 5.02 Å². The lowest BCUT2D eigenvalue weighted by atomic mass is 10.0. The molecule has 4 nitrogen and oxygen atoms in total. The molecule has 2 aromatic rings. The first kappa shape index (κ1) is 17.0. The Balaban J connectivity index is 1.90. The molecule has 23 heavy (non-hydrogen) atoms. The fourth-order valence-corrected chi connectivity index (χ4v) is 2.36. The van der Waals surface area contributed by atoms with Gasteiger partial charge < -0.3 is 10.4 Å². The molecule has 5 heteroatoms. The standard InChI is InChI=1S/C18H17ClN2O2/c19-16-7-5-14(6-8-16)17(22)12-21-18(23)11-15-4-2-1-3-13(15)9-10-20/h1-8,17,22H,9,11-12H2,(H,21,23). The minimum Gasteiger partial charge on any atom is -0.387 e. The van der Waals surface area contributed by atoms with Crippen molar-refractivity contribution in [1.82, 2.24) is 5.32 Å². The van der Waals surface area contributed by atoms with Crippen molar-refractivity contribution in [2.45, 2.75) is 18.9 Å². The van der Waals surface area contributed by atoms with E-state index >= 15 is 0 Å².